The molecule has 1 aliphatic rings. The second kappa shape index (κ2) is 7.38. The van der Waals surface area contributed by atoms with Crippen molar-refractivity contribution < 1.29 is 0 Å². The summed E-state index contributed by atoms with van der Waals surface area (Å²) in [5, 5.41) is 3.68. The molecule has 2 atom stereocenters. The van der Waals surface area contributed by atoms with Gasteiger partial charge in [0.1, 0.15) is 5.82 Å². The molecule has 120 valence electrons. The van der Waals surface area contributed by atoms with Gasteiger partial charge in [0.2, 0.25) is 0 Å². The van der Waals surface area contributed by atoms with Gasteiger partial charge in [0.25, 0.3) is 0 Å². The van der Waals surface area contributed by atoms with Crippen molar-refractivity contribution in [2.24, 2.45) is 13.0 Å². The van der Waals surface area contributed by atoms with Crippen molar-refractivity contribution in [2.75, 3.05) is 39.8 Å². The van der Waals surface area contributed by atoms with E-state index in [1.807, 2.05) is 12.4 Å². The number of nitrogens with zero attached hydrogens (tertiary/aromatic N) is 4. The number of nitrogens with one attached hydrogen (secondary N) is 1. The number of aryl methyl sites for hydroxylation is 1. The van der Waals surface area contributed by atoms with E-state index in [1.54, 1.807) is 0 Å². The number of hydrogen-bond donors (Lipinski definition) is 1. The maximum Gasteiger partial charge on any atom is 0.125 e. The van der Waals surface area contributed by atoms with Crippen LogP contribution in [0.15, 0.2) is 12.4 Å². The number of rotatable bonds is 6. The van der Waals surface area contributed by atoms with E-state index in [4.69, 9.17) is 0 Å². The zero-order chi connectivity index (χ0) is 15.4. The zero-order valence-corrected chi connectivity index (χ0v) is 14.2. The molecular weight excluding hydrogens is 262 g/mol. The average Bonchev–Trinajstić information content (AvgIpc) is 2.86. The number of imidazole rings is 1. The first kappa shape index (κ1) is 16.5. The van der Waals surface area contributed by atoms with E-state index >= 15 is 0 Å². The Hall–Kier alpha value is -0.910. The molecule has 1 N–H and O–H groups in total. The van der Waals surface area contributed by atoms with Crippen LogP contribution in [0, 0.1) is 5.92 Å². The molecule has 0 amide bonds. The molecular formula is C16H31N5. The third-order valence-electron chi connectivity index (χ3n) is 4.66. The van der Waals surface area contributed by atoms with Gasteiger partial charge in [0, 0.05) is 58.2 Å². The van der Waals surface area contributed by atoms with Crippen LogP contribution in [0.2, 0.25) is 0 Å². The van der Waals surface area contributed by atoms with Crippen molar-refractivity contribution in [1.82, 2.24) is 24.7 Å². The highest BCUT2D eigenvalue weighted by Crippen LogP contribution is 2.15. The van der Waals surface area contributed by atoms with Gasteiger partial charge in [0.05, 0.1) is 6.04 Å². The molecule has 21 heavy (non-hydrogen) atoms. The van der Waals surface area contributed by atoms with Gasteiger partial charge >= 0.3 is 0 Å². The van der Waals surface area contributed by atoms with Crippen LogP contribution in [-0.4, -0.2) is 65.2 Å². The minimum Gasteiger partial charge on any atom is -0.337 e. The van der Waals surface area contributed by atoms with Crippen molar-refractivity contribution in [2.45, 2.75) is 32.9 Å². The van der Waals surface area contributed by atoms with Gasteiger partial charge in [-0.2, -0.15) is 0 Å². The molecule has 1 fully saturated rings. The van der Waals surface area contributed by atoms with Crippen LogP contribution in [0.3, 0.4) is 0 Å². The van der Waals surface area contributed by atoms with Crippen LogP contribution >= 0.6 is 0 Å². The molecule has 2 rings (SSSR count). The highest BCUT2D eigenvalue weighted by atomic mass is 15.3. The van der Waals surface area contributed by atoms with Crippen LogP contribution in [-0.2, 0) is 7.05 Å². The second-order valence-corrected chi connectivity index (χ2v) is 6.68. The first-order chi connectivity index (χ1) is 9.99. The van der Waals surface area contributed by atoms with Crippen molar-refractivity contribution in [1.29, 1.82) is 0 Å². The molecule has 0 bridgehead atoms. The standard InChI is InChI=1S/C16H31N5/c1-13(2)15(21-10-8-19(4)9-11-21)12-18-14(3)16-17-6-7-20(16)5/h6-7,13-15,18H,8-12H2,1-5H3. The fraction of sp³-hybridized carbons (Fsp3) is 0.812. The Morgan fingerprint density at radius 1 is 1.14 bits per heavy atom. The summed E-state index contributed by atoms with van der Waals surface area (Å²) < 4.78 is 2.10. The number of piperazine rings is 1. The first-order valence-corrected chi connectivity index (χ1v) is 8.12. The summed E-state index contributed by atoms with van der Waals surface area (Å²) in [7, 11) is 4.27. The molecule has 1 saturated heterocycles. The largest absolute Gasteiger partial charge is 0.337 e. The van der Waals surface area contributed by atoms with Crippen molar-refractivity contribution in [3.8, 4) is 0 Å². The maximum absolute atomic E-state index is 4.44. The van der Waals surface area contributed by atoms with E-state index in [1.165, 1.54) is 26.2 Å². The van der Waals surface area contributed by atoms with Gasteiger partial charge in [-0.15, -0.1) is 0 Å². The molecule has 0 saturated carbocycles. The molecule has 0 radical (unpaired) electrons. The van der Waals surface area contributed by atoms with Gasteiger partial charge in [-0.3, -0.25) is 4.90 Å². The lowest BCUT2D eigenvalue weighted by atomic mass is 10.0. The van der Waals surface area contributed by atoms with E-state index in [0.29, 0.717) is 18.0 Å². The summed E-state index contributed by atoms with van der Waals surface area (Å²) in [5.74, 6) is 1.77. The number of hydrogen-bond acceptors (Lipinski definition) is 4. The van der Waals surface area contributed by atoms with E-state index in [9.17, 15) is 0 Å². The Bertz CT molecular complexity index is 420. The van der Waals surface area contributed by atoms with Crippen LogP contribution < -0.4 is 5.32 Å². The highest BCUT2D eigenvalue weighted by molar-refractivity contribution is 4.97. The fourth-order valence-corrected chi connectivity index (χ4v) is 3.12. The molecule has 0 aromatic carbocycles. The third kappa shape index (κ3) is 4.28. The topological polar surface area (TPSA) is 36.3 Å². The lowest BCUT2D eigenvalue weighted by molar-refractivity contribution is 0.0861. The van der Waals surface area contributed by atoms with Crippen molar-refractivity contribution in [3.05, 3.63) is 18.2 Å². The number of likely N-dealkylation sites (N-methyl/N-ethyl adjacent to an activating group) is 1. The minimum absolute atomic E-state index is 0.290. The molecule has 2 heterocycles. The molecule has 1 aromatic heterocycles. The van der Waals surface area contributed by atoms with E-state index < -0.39 is 0 Å². The van der Waals surface area contributed by atoms with Gasteiger partial charge in [-0.25, -0.2) is 4.98 Å². The van der Waals surface area contributed by atoms with E-state index in [0.717, 1.165) is 12.4 Å². The van der Waals surface area contributed by atoms with Crippen molar-refractivity contribution >= 4 is 0 Å². The van der Waals surface area contributed by atoms with Gasteiger partial charge in [-0.1, -0.05) is 13.8 Å². The quantitative estimate of drug-likeness (QED) is 0.859. The van der Waals surface area contributed by atoms with E-state index in [-0.39, 0.29) is 0 Å². The van der Waals surface area contributed by atoms with Gasteiger partial charge < -0.3 is 14.8 Å². The molecule has 1 aliphatic heterocycles. The normalized spacial score (nSPS) is 20.9. The molecule has 1 aromatic rings. The Balaban J connectivity index is 1.90. The number of aromatic nitrogens is 2. The summed E-state index contributed by atoms with van der Waals surface area (Å²) in [6.07, 6.45) is 3.88. The summed E-state index contributed by atoms with van der Waals surface area (Å²) in [4.78, 5) is 9.50. The Morgan fingerprint density at radius 2 is 1.81 bits per heavy atom. The average molecular weight is 293 g/mol. The molecule has 2 unspecified atom stereocenters. The predicted octanol–water partition coefficient (Wildman–Crippen LogP) is 1.34. The van der Waals surface area contributed by atoms with Crippen molar-refractivity contribution in [3.63, 3.8) is 0 Å². The van der Waals surface area contributed by atoms with Gasteiger partial charge in [-0.05, 0) is 19.9 Å². The predicted molar refractivity (Wildman–Crippen MR) is 87.3 cm³/mol. The van der Waals surface area contributed by atoms with Gasteiger partial charge in [0.15, 0.2) is 0 Å². The summed E-state index contributed by atoms with van der Waals surface area (Å²) in [6, 6.07) is 0.889. The lowest BCUT2D eigenvalue weighted by Crippen LogP contribution is -2.53. The lowest BCUT2D eigenvalue weighted by Gasteiger charge is -2.40. The molecule has 5 heteroatoms. The third-order valence-corrected chi connectivity index (χ3v) is 4.66. The van der Waals surface area contributed by atoms with Crippen LogP contribution in [0.1, 0.15) is 32.6 Å². The highest BCUT2D eigenvalue weighted by Gasteiger charge is 2.25. The fourth-order valence-electron chi connectivity index (χ4n) is 3.12. The monoisotopic (exact) mass is 293 g/mol. The Kier molecular flexibility index (Phi) is 5.79. The maximum atomic E-state index is 4.44. The first-order valence-electron chi connectivity index (χ1n) is 8.12. The summed E-state index contributed by atoms with van der Waals surface area (Å²) >= 11 is 0. The summed E-state index contributed by atoms with van der Waals surface area (Å²) in [5.41, 5.74) is 0. The Labute approximate surface area is 129 Å². The van der Waals surface area contributed by atoms with Crippen LogP contribution in [0.4, 0.5) is 0 Å². The van der Waals surface area contributed by atoms with Crippen LogP contribution in [0.25, 0.3) is 0 Å². The van der Waals surface area contributed by atoms with E-state index in [2.05, 4.69) is 59.5 Å². The second-order valence-electron chi connectivity index (χ2n) is 6.68. The minimum atomic E-state index is 0.290. The smallest absolute Gasteiger partial charge is 0.125 e. The zero-order valence-electron chi connectivity index (χ0n) is 14.2. The summed E-state index contributed by atoms with van der Waals surface area (Å²) in [6.45, 7) is 12.6. The molecule has 0 spiro atoms. The molecule has 5 nitrogen and oxygen atoms in total. The van der Waals surface area contributed by atoms with Crippen LogP contribution in [0.5, 0.6) is 0 Å². The molecule has 0 aliphatic carbocycles. The Morgan fingerprint density at radius 3 is 2.33 bits per heavy atom. The SMILES string of the molecule is CC(NCC(C(C)C)N1CCN(C)CC1)c1nccn1C.